The molecule has 1 aromatic carbocycles. The SMILES string of the molecule is CC(NC(=O)CCN)c1ccc(NC(=O)NC2CC2)cc1. The number of rotatable bonds is 6. The molecule has 0 aliphatic heterocycles. The molecule has 1 saturated carbocycles. The summed E-state index contributed by atoms with van der Waals surface area (Å²) in [6, 6.07) is 7.51. The quantitative estimate of drug-likeness (QED) is 0.639. The summed E-state index contributed by atoms with van der Waals surface area (Å²) in [6.45, 7) is 2.26. The van der Waals surface area contributed by atoms with Gasteiger partial charge in [-0.2, -0.15) is 0 Å². The normalized spacial score (nSPS) is 15.1. The lowest BCUT2D eigenvalue weighted by Gasteiger charge is -2.15. The molecule has 2 rings (SSSR count). The highest BCUT2D eigenvalue weighted by Crippen LogP contribution is 2.19. The third-order valence-corrected chi connectivity index (χ3v) is 3.33. The first kappa shape index (κ1) is 15.3. The fourth-order valence-electron chi connectivity index (χ4n) is 1.96. The Labute approximate surface area is 124 Å². The third kappa shape index (κ3) is 5.07. The Balaban J connectivity index is 1.85. The average molecular weight is 290 g/mol. The molecule has 0 spiro atoms. The molecule has 0 heterocycles. The smallest absolute Gasteiger partial charge is 0.319 e. The number of hydrogen-bond acceptors (Lipinski definition) is 3. The van der Waals surface area contributed by atoms with Crippen molar-refractivity contribution in [3.8, 4) is 0 Å². The van der Waals surface area contributed by atoms with E-state index in [0.717, 1.165) is 24.1 Å². The molecule has 3 amide bonds. The van der Waals surface area contributed by atoms with Crippen LogP contribution in [-0.2, 0) is 4.79 Å². The van der Waals surface area contributed by atoms with Gasteiger partial charge in [-0.3, -0.25) is 4.79 Å². The average Bonchev–Trinajstić information content (AvgIpc) is 3.23. The number of carbonyl (C=O) groups excluding carboxylic acids is 2. The topological polar surface area (TPSA) is 96.2 Å². The van der Waals surface area contributed by atoms with Crippen LogP contribution in [0.5, 0.6) is 0 Å². The molecule has 5 N–H and O–H groups in total. The number of benzene rings is 1. The number of carbonyl (C=O) groups is 2. The van der Waals surface area contributed by atoms with Gasteiger partial charge >= 0.3 is 6.03 Å². The van der Waals surface area contributed by atoms with E-state index in [1.165, 1.54) is 0 Å². The largest absolute Gasteiger partial charge is 0.350 e. The van der Waals surface area contributed by atoms with E-state index in [2.05, 4.69) is 16.0 Å². The molecule has 21 heavy (non-hydrogen) atoms. The van der Waals surface area contributed by atoms with E-state index < -0.39 is 0 Å². The summed E-state index contributed by atoms with van der Waals surface area (Å²) in [5.74, 6) is -0.0592. The minimum Gasteiger partial charge on any atom is -0.350 e. The molecule has 1 aliphatic rings. The van der Waals surface area contributed by atoms with Crippen LogP contribution in [0.25, 0.3) is 0 Å². The molecule has 1 unspecified atom stereocenters. The maximum absolute atomic E-state index is 11.6. The van der Waals surface area contributed by atoms with Gasteiger partial charge in [-0.1, -0.05) is 12.1 Å². The summed E-state index contributed by atoms with van der Waals surface area (Å²) in [5.41, 5.74) is 7.06. The van der Waals surface area contributed by atoms with Crippen molar-refractivity contribution in [2.45, 2.75) is 38.3 Å². The highest BCUT2D eigenvalue weighted by atomic mass is 16.2. The second kappa shape index (κ2) is 7.08. The van der Waals surface area contributed by atoms with Crippen molar-refractivity contribution in [1.29, 1.82) is 0 Å². The fourth-order valence-corrected chi connectivity index (χ4v) is 1.96. The summed E-state index contributed by atoms with van der Waals surface area (Å²) < 4.78 is 0. The maximum Gasteiger partial charge on any atom is 0.319 e. The van der Waals surface area contributed by atoms with E-state index in [4.69, 9.17) is 5.73 Å². The number of nitrogens with one attached hydrogen (secondary N) is 3. The van der Waals surface area contributed by atoms with Crippen LogP contribution in [0.3, 0.4) is 0 Å². The van der Waals surface area contributed by atoms with Gasteiger partial charge in [0.05, 0.1) is 6.04 Å². The van der Waals surface area contributed by atoms with E-state index in [1.807, 2.05) is 31.2 Å². The first-order valence-electron chi connectivity index (χ1n) is 7.25. The van der Waals surface area contributed by atoms with Crippen LogP contribution < -0.4 is 21.7 Å². The zero-order valence-corrected chi connectivity index (χ0v) is 12.2. The van der Waals surface area contributed by atoms with Gasteiger partial charge in [0.25, 0.3) is 0 Å². The molecule has 114 valence electrons. The van der Waals surface area contributed by atoms with Crippen LogP contribution in [0, 0.1) is 0 Å². The molecule has 0 bridgehead atoms. The summed E-state index contributed by atoms with van der Waals surface area (Å²) in [5, 5.41) is 8.52. The Bertz CT molecular complexity index is 497. The Morgan fingerprint density at radius 1 is 1.29 bits per heavy atom. The van der Waals surface area contributed by atoms with E-state index in [9.17, 15) is 9.59 Å². The Morgan fingerprint density at radius 2 is 1.95 bits per heavy atom. The number of nitrogens with two attached hydrogens (primary N) is 1. The van der Waals surface area contributed by atoms with Crippen molar-refractivity contribution in [3.05, 3.63) is 29.8 Å². The predicted octanol–water partition coefficient (Wildman–Crippen LogP) is 1.50. The zero-order chi connectivity index (χ0) is 15.2. The van der Waals surface area contributed by atoms with Crippen LogP contribution in [0.1, 0.15) is 37.8 Å². The van der Waals surface area contributed by atoms with E-state index in [-0.39, 0.29) is 18.0 Å². The van der Waals surface area contributed by atoms with Gasteiger partial charge in [0.2, 0.25) is 5.91 Å². The summed E-state index contributed by atoms with van der Waals surface area (Å²) >= 11 is 0. The van der Waals surface area contributed by atoms with Gasteiger partial charge in [0, 0.05) is 24.7 Å². The van der Waals surface area contributed by atoms with Crippen LogP contribution in [0.4, 0.5) is 10.5 Å². The Hall–Kier alpha value is -2.08. The molecule has 1 fully saturated rings. The minimum absolute atomic E-state index is 0.0592. The van der Waals surface area contributed by atoms with Crippen LogP contribution in [-0.4, -0.2) is 24.5 Å². The number of urea groups is 1. The second-order valence-corrected chi connectivity index (χ2v) is 5.32. The van der Waals surface area contributed by atoms with Crippen LogP contribution in [0.15, 0.2) is 24.3 Å². The van der Waals surface area contributed by atoms with Crippen molar-refractivity contribution in [2.75, 3.05) is 11.9 Å². The van der Waals surface area contributed by atoms with Crippen LogP contribution in [0.2, 0.25) is 0 Å². The predicted molar refractivity (Wildman–Crippen MR) is 81.8 cm³/mol. The van der Waals surface area contributed by atoms with E-state index in [1.54, 1.807) is 0 Å². The third-order valence-electron chi connectivity index (χ3n) is 3.33. The number of anilines is 1. The van der Waals surface area contributed by atoms with Gasteiger partial charge in [-0.25, -0.2) is 4.79 Å². The molecular formula is C15H22N4O2. The summed E-state index contributed by atoms with van der Waals surface area (Å²) in [7, 11) is 0. The van der Waals surface area contributed by atoms with Crippen molar-refractivity contribution < 1.29 is 9.59 Å². The first-order chi connectivity index (χ1) is 10.1. The lowest BCUT2D eigenvalue weighted by atomic mass is 10.1. The number of amides is 3. The molecule has 1 aliphatic carbocycles. The zero-order valence-electron chi connectivity index (χ0n) is 12.2. The highest BCUT2D eigenvalue weighted by molar-refractivity contribution is 5.89. The summed E-state index contributed by atoms with van der Waals surface area (Å²) in [4.78, 5) is 23.1. The molecule has 6 heteroatoms. The molecule has 1 aromatic rings. The van der Waals surface area contributed by atoms with Gasteiger partial charge in [-0.15, -0.1) is 0 Å². The van der Waals surface area contributed by atoms with Crippen molar-refractivity contribution in [3.63, 3.8) is 0 Å². The first-order valence-corrected chi connectivity index (χ1v) is 7.25. The molecular weight excluding hydrogens is 268 g/mol. The van der Waals surface area contributed by atoms with Gasteiger partial charge in [0.1, 0.15) is 0 Å². The van der Waals surface area contributed by atoms with Crippen LogP contribution >= 0.6 is 0 Å². The monoisotopic (exact) mass is 290 g/mol. The Kier molecular flexibility index (Phi) is 5.16. The van der Waals surface area contributed by atoms with E-state index >= 15 is 0 Å². The minimum atomic E-state index is -0.172. The molecule has 1 atom stereocenters. The lowest BCUT2D eigenvalue weighted by Crippen LogP contribution is -2.30. The molecule has 6 nitrogen and oxygen atoms in total. The highest BCUT2D eigenvalue weighted by Gasteiger charge is 2.23. The molecule has 0 radical (unpaired) electrons. The van der Waals surface area contributed by atoms with Crippen molar-refractivity contribution >= 4 is 17.6 Å². The Morgan fingerprint density at radius 3 is 2.52 bits per heavy atom. The van der Waals surface area contributed by atoms with Gasteiger partial charge < -0.3 is 21.7 Å². The maximum atomic E-state index is 11.6. The standard InChI is InChI=1S/C15H22N4O2/c1-10(17-14(20)8-9-16)11-2-4-12(5-3-11)18-15(21)19-13-6-7-13/h2-5,10,13H,6-9,16H2,1H3,(H,17,20)(H2,18,19,21). The molecule has 0 aromatic heterocycles. The van der Waals surface area contributed by atoms with Crippen molar-refractivity contribution in [1.82, 2.24) is 10.6 Å². The van der Waals surface area contributed by atoms with Crippen molar-refractivity contribution in [2.24, 2.45) is 5.73 Å². The van der Waals surface area contributed by atoms with Gasteiger partial charge in [-0.05, 0) is 37.5 Å². The molecule has 0 saturated heterocycles. The second-order valence-electron chi connectivity index (χ2n) is 5.32. The number of hydrogen-bond donors (Lipinski definition) is 4. The lowest BCUT2D eigenvalue weighted by molar-refractivity contribution is -0.121. The fraction of sp³-hybridized carbons (Fsp3) is 0.467. The summed E-state index contributed by atoms with van der Waals surface area (Å²) in [6.07, 6.45) is 2.45. The van der Waals surface area contributed by atoms with E-state index in [0.29, 0.717) is 19.0 Å². The van der Waals surface area contributed by atoms with Gasteiger partial charge in [0.15, 0.2) is 0 Å².